The number of pyridine rings is 1. The average molecular weight is 152 g/mol. The number of carbonyl (C=O) groups excluding carboxylic acids is 1. The third-order valence-corrected chi connectivity index (χ3v) is 0.919. The zero-order valence-corrected chi connectivity index (χ0v) is 6.74. The van der Waals surface area contributed by atoms with Crippen molar-refractivity contribution in [2.45, 2.75) is 6.92 Å². The normalized spacial score (nSPS) is 7.45. The lowest BCUT2D eigenvalue weighted by atomic mass is 10.5. The Morgan fingerprint density at radius 2 is 1.73 bits per heavy atom. The zero-order chi connectivity index (χ0) is 8.53. The maximum Gasteiger partial charge on any atom is 0.216 e. The van der Waals surface area contributed by atoms with E-state index < -0.39 is 0 Å². The van der Waals surface area contributed by atoms with Crippen LogP contribution in [0.3, 0.4) is 0 Å². The lowest BCUT2D eigenvalue weighted by molar-refractivity contribution is -0.118. The molecule has 0 saturated heterocycles. The van der Waals surface area contributed by atoms with Gasteiger partial charge in [-0.25, -0.2) is 0 Å². The van der Waals surface area contributed by atoms with Gasteiger partial charge in [0.2, 0.25) is 5.91 Å². The fourth-order valence-electron chi connectivity index (χ4n) is 0.313. The second kappa shape index (κ2) is 6.74. The van der Waals surface area contributed by atoms with Crippen molar-refractivity contribution >= 4 is 5.91 Å². The molecule has 1 amide bonds. The number of aromatic nitrogens is 1. The molecule has 1 aromatic rings. The van der Waals surface area contributed by atoms with Crippen LogP contribution in [0.5, 0.6) is 0 Å². The Bertz CT molecular complexity index is 160. The predicted octanol–water partition coefficient (Wildman–Crippen LogP) is 0.834. The fraction of sp³-hybridized carbons (Fsp3) is 0.250. The summed E-state index contributed by atoms with van der Waals surface area (Å²) in [6.07, 6.45) is 3.50. The van der Waals surface area contributed by atoms with Gasteiger partial charge >= 0.3 is 0 Å². The van der Waals surface area contributed by atoms with E-state index in [-0.39, 0.29) is 5.91 Å². The number of hydrogen-bond acceptors (Lipinski definition) is 2. The molecular formula is C8H12N2O. The van der Waals surface area contributed by atoms with Crippen LogP contribution in [0.1, 0.15) is 6.92 Å². The topological polar surface area (TPSA) is 42.0 Å². The SMILES string of the molecule is CNC(C)=O.c1ccncc1. The lowest BCUT2D eigenvalue weighted by Crippen LogP contribution is -2.11. The van der Waals surface area contributed by atoms with Gasteiger partial charge in [-0.15, -0.1) is 0 Å². The maximum atomic E-state index is 9.70. The van der Waals surface area contributed by atoms with Gasteiger partial charge in [0.05, 0.1) is 0 Å². The summed E-state index contributed by atoms with van der Waals surface area (Å²) in [5.74, 6) is 0.00463. The van der Waals surface area contributed by atoms with Crippen molar-refractivity contribution in [3.63, 3.8) is 0 Å². The molecule has 1 rings (SSSR count). The van der Waals surface area contributed by atoms with Gasteiger partial charge in [-0.2, -0.15) is 0 Å². The molecule has 0 aliphatic carbocycles. The number of nitrogens with one attached hydrogen (secondary N) is 1. The monoisotopic (exact) mass is 152 g/mol. The molecule has 3 heteroatoms. The van der Waals surface area contributed by atoms with Gasteiger partial charge in [-0.05, 0) is 12.1 Å². The van der Waals surface area contributed by atoms with Crippen LogP contribution in [0.4, 0.5) is 0 Å². The van der Waals surface area contributed by atoms with Crippen LogP contribution in [-0.2, 0) is 4.79 Å². The highest BCUT2D eigenvalue weighted by atomic mass is 16.1. The van der Waals surface area contributed by atoms with E-state index in [0.717, 1.165) is 0 Å². The van der Waals surface area contributed by atoms with Crippen LogP contribution >= 0.6 is 0 Å². The summed E-state index contributed by atoms with van der Waals surface area (Å²) in [6.45, 7) is 1.47. The third-order valence-electron chi connectivity index (χ3n) is 0.919. The number of rotatable bonds is 0. The van der Waals surface area contributed by atoms with Gasteiger partial charge in [0.15, 0.2) is 0 Å². The van der Waals surface area contributed by atoms with Gasteiger partial charge < -0.3 is 5.32 Å². The molecule has 60 valence electrons. The van der Waals surface area contributed by atoms with Crippen molar-refractivity contribution in [3.05, 3.63) is 30.6 Å². The molecule has 0 fully saturated rings. The minimum atomic E-state index is 0.00463. The Balaban J connectivity index is 0.000000187. The van der Waals surface area contributed by atoms with Crippen molar-refractivity contribution in [1.82, 2.24) is 10.3 Å². The highest BCUT2D eigenvalue weighted by Crippen LogP contribution is 1.73. The first-order valence-corrected chi connectivity index (χ1v) is 3.30. The van der Waals surface area contributed by atoms with E-state index in [1.54, 1.807) is 19.4 Å². The van der Waals surface area contributed by atoms with E-state index in [0.29, 0.717) is 0 Å². The summed E-state index contributed by atoms with van der Waals surface area (Å²) < 4.78 is 0. The molecule has 3 nitrogen and oxygen atoms in total. The highest BCUT2D eigenvalue weighted by Gasteiger charge is 1.72. The van der Waals surface area contributed by atoms with Crippen molar-refractivity contribution < 1.29 is 4.79 Å². The van der Waals surface area contributed by atoms with Gasteiger partial charge in [0, 0.05) is 26.4 Å². The smallest absolute Gasteiger partial charge is 0.216 e. The first-order valence-electron chi connectivity index (χ1n) is 3.30. The van der Waals surface area contributed by atoms with Gasteiger partial charge in [-0.1, -0.05) is 6.07 Å². The summed E-state index contributed by atoms with van der Waals surface area (Å²) >= 11 is 0. The second-order valence-corrected chi connectivity index (χ2v) is 1.83. The molecule has 1 aromatic heterocycles. The summed E-state index contributed by atoms with van der Waals surface area (Å²) in [7, 11) is 1.60. The summed E-state index contributed by atoms with van der Waals surface area (Å²) in [4.78, 5) is 13.5. The number of hydrogen-bond donors (Lipinski definition) is 1. The van der Waals surface area contributed by atoms with Crippen LogP contribution in [0, 0.1) is 0 Å². The van der Waals surface area contributed by atoms with Crippen molar-refractivity contribution in [2.75, 3.05) is 7.05 Å². The molecule has 1 N–H and O–H groups in total. The Kier molecular flexibility index (Phi) is 5.89. The predicted molar refractivity (Wildman–Crippen MR) is 44.0 cm³/mol. The first-order chi connectivity index (χ1) is 5.27. The van der Waals surface area contributed by atoms with E-state index >= 15 is 0 Å². The molecule has 11 heavy (non-hydrogen) atoms. The molecule has 1 heterocycles. The van der Waals surface area contributed by atoms with Crippen molar-refractivity contribution in [1.29, 1.82) is 0 Å². The molecule has 0 atom stereocenters. The van der Waals surface area contributed by atoms with E-state index in [1.165, 1.54) is 6.92 Å². The summed E-state index contributed by atoms with van der Waals surface area (Å²) in [5, 5.41) is 2.39. The van der Waals surface area contributed by atoms with Gasteiger partial charge in [0.1, 0.15) is 0 Å². The van der Waals surface area contributed by atoms with E-state index in [4.69, 9.17) is 0 Å². The molecule has 0 aliphatic rings. The van der Waals surface area contributed by atoms with E-state index in [1.807, 2.05) is 18.2 Å². The van der Waals surface area contributed by atoms with Crippen molar-refractivity contribution in [3.8, 4) is 0 Å². The Hall–Kier alpha value is -1.38. The number of carbonyl (C=O) groups is 1. The van der Waals surface area contributed by atoms with Gasteiger partial charge in [-0.3, -0.25) is 9.78 Å². The Labute approximate surface area is 66.5 Å². The fourth-order valence-corrected chi connectivity index (χ4v) is 0.313. The average Bonchev–Trinajstić information content (AvgIpc) is 2.09. The Morgan fingerprint density at radius 1 is 1.27 bits per heavy atom. The molecule has 0 aliphatic heterocycles. The van der Waals surface area contributed by atoms with Crippen LogP contribution in [-0.4, -0.2) is 17.9 Å². The quantitative estimate of drug-likeness (QED) is 0.598. The van der Waals surface area contributed by atoms with E-state index in [9.17, 15) is 4.79 Å². The first kappa shape index (κ1) is 9.62. The third kappa shape index (κ3) is 8.62. The molecular weight excluding hydrogens is 140 g/mol. The van der Waals surface area contributed by atoms with Gasteiger partial charge in [0.25, 0.3) is 0 Å². The van der Waals surface area contributed by atoms with Crippen LogP contribution in [0.2, 0.25) is 0 Å². The van der Waals surface area contributed by atoms with Crippen LogP contribution in [0.25, 0.3) is 0 Å². The largest absolute Gasteiger partial charge is 0.359 e. The van der Waals surface area contributed by atoms with Crippen molar-refractivity contribution in [2.24, 2.45) is 0 Å². The zero-order valence-electron chi connectivity index (χ0n) is 6.74. The maximum absolute atomic E-state index is 9.70. The highest BCUT2D eigenvalue weighted by molar-refractivity contribution is 5.72. The molecule has 0 radical (unpaired) electrons. The molecule has 0 bridgehead atoms. The molecule has 0 unspecified atom stereocenters. The minimum Gasteiger partial charge on any atom is -0.359 e. The standard InChI is InChI=1S/C5H5N.C3H7NO/c1-2-4-6-5-3-1;1-3(5)4-2/h1-5H;1-2H3,(H,4,5). The Morgan fingerprint density at radius 3 is 1.82 bits per heavy atom. The number of nitrogens with zero attached hydrogens (tertiary/aromatic N) is 1. The number of amides is 1. The van der Waals surface area contributed by atoms with Crippen LogP contribution in [0.15, 0.2) is 30.6 Å². The summed E-state index contributed by atoms with van der Waals surface area (Å²) in [5.41, 5.74) is 0. The summed E-state index contributed by atoms with van der Waals surface area (Å²) in [6, 6.07) is 5.72. The molecule has 0 saturated carbocycles. The second-order valence-electron chi connectivity index (χ2n) is 1.83. The van der Waals surface area contributed by atoms with Crippen LogP contribution < -0.4 is 5.32 Å². The van der Waals surface area contributed by atoms with E-state index in [2.05, 4.69) is 10.3 Å². The minimum absolute atomic E-state index is 0.00463. The molecule has 0 spiro atoms. The lowest BCUT2D eigenvalue weighted by Gasteiger charge is -1.80. The molecule has 0 aromatic carbocycles.